The number of benzene rings is 1. The van der Waals surface area contributed by atoms with Crippen LogP contribution in [0.2, 0.25) is 0 Å². The van der Waals surface area contributed by atoms with Crippen molar-refractivity contribution >= 4 is 6.34 Å². The third-order valence-corrected chi connectivity index (χ3v) is 4.61. The van der Waals surface area contributed by atoms with Gasteiger partial charge < -0.3 is 9.88 Å². The Morgan fingerprint density at radius 2 is 2.00 bits per heavy atom. The fraction of sp³-hybridized carbons (Fsp3) is 0.286. The monoisotopic (exact) mass is 330 g/mol. The number of nitrogens with one attached hydrogen (secondary N) is 1. The first-order chi connectivity index (χ1) is 12.4. The van der Waals surface area contributed by atoms with E-state index < -0.39 is 0 Å². The molecule has 0 spiro atoms. The molecule has 0 radical (unpaired) electrons. The van der Waals surface area contributed by atoms with Crippen molar-refractivity contribution < 1.29 is 0 Å². The number of nitrogens with zero attached hydrogens (tertiary/aromatic N) is 3. The van der Waals surface area contributed by atoms with E-state index in [-0.39, 0.29) is 0 Å². The summed E-state index contributed by atoms with van der Waals surface area (Å²) in [5.41, 5.74) is 5.01. The van der Waals surface area contributed by atoms with Crippen LogP contribution in [-0.2, 0) is 6.54 Å². The van der Waals surface area contributed by atoms with Gasteiger partial charge in [-0.2, -0.15) is 0 Å². The topological polar surface area (TPSA) is 34.6 Å². The lowest BCUT2D eigenvalue weighted by Crippen LogP contribution is -2.38. The molecule has 1 N–H and O–H groups in total. The van der Waals surface area contributed by atoms with Crippen LogP contribution < -0.4 is 0 Å². The molecule has 0 atom stereocenters. The second-order valence-electron chi connectivity index (χ2n) is 6.53. The zero-order valence-corrected chi connectivity index (χ0v) is 14.3. The van der Waals surface area contributed by atoms with E-state index in [2.05, 4.69) is 57.0 Å². The van der Waals surface area contributed by atoms with Gasteiger partial charge >= 0.3 is 0 Å². The lowest BCUT2D eigenvalue weighted by Gasteiger charge is -2.33. The molecule has 0 bridgehead atoms. The van der Waals surface area contributed by atoms with Crippen molar-refractivity contribution in [3.63, 3.8) is 0 Å². The summed E-state index contributed by atoms with van der Waals surface area (Å²) in [7, 11) is 0. The highest BCUT2D eigenvalue weighted by Crippen LogP contribution is 2.23. The molecule has 4 heteroatoms. The molecule has 2 aliphatic heterocycles. The number of aromatic nitrogens is 1. The average molecular weight is 330 g/mol. The number of hydrogen-bond donors (Lipinski definition) is 1. The number of aromatic amines is 1. The normalized spacial score (nSPS) is 17.2. The van der Waals surface area contributed by atoms with Crippen LogP contribution in [0.25, 0.3) is 0 Å². The minimum atomic E-state index is 0.804. The fourth-order valence-corrected chi connectivity index (χ4v) is 3.32. The van der Waals surface area contributed by atoms with Gasteiger partial charge in [0.1, 0.15) is 0 Å². The summed E-state index contributed by atoms with van der Waals surface area (Å²) in [4.78, 5) is 12.5. The Labute approximate surface area is 148 Å². The Morgan fingerprint density at radius 3 is 2.84 bits per heavy atom. The van der Waals surface area contributed by atoms with Crippen molar-refractivity contribution in [2.75, 3.05) is 26.2 Å². The van der Waals surface area contributed by atoms with Gasteiger partial charge in [0.2, 0.25) is 0 Å². The maximum absolute atomic E-state index is 4.70. The summed E-state index contributed by atoms with van der Waals surface area (Å²) in [6.07, 6.45) is 4.94. The van der Waals surface area contributed by atoms with Crippen LogP contribution in [0.5, 0.6) is 0 Å². The highest BCUT2D eigenvalue weighted by Gasteiger charge is 2.22. The van der Waals surface area contributed by atoms with Gasteiger partial charge in [-0.15, -0.1) is 0 Å². The summed E-state index contributed by atoms with van der Waals surface area (Å²) in [6.45, 7) is 4.69. The maximum atomic E-state index is 4.70. The summed E-state index contributed by atoms with van der Waals surface area (Å²) < 4.78 is 0. The zero-order valence-electron chi connectivity index (χ0n) is 14.3. The molecule has 2 aliphatic rings. The quantitative estimate of drug-likeness (QED) is 0.878. The number of hydrogen-bond acceptors (Lipinski definition) is 3. The zero-order chi connectivity index (χ0) is 16.9. The molecule has 0 saturated carbocycles. The van der Waals surface area contributed by atoms with E-state index in [9.17, 15) is 0 Å². The van der Waals surface area contributed by atoms with E-state index in [4.69, 9.17) is 4.99 Å². The van der Waals surface area contributed by atoms with Gasteiger partial charge in [-0.25, -0.2) is 4.99 Å². The van der Waals surface area contributed by atoms with Crippen LogP contribution >= 0.6 is 0 Å². The lowest BCUT2D eigenvalue weighted by molar-refractivity contribution is 0.300. The second-order valence-corrected chi connectivity index (χ2v) is 6.53. The number of rotatable bonds is 3. The van der Waals surface area contributed by atoms with Gasteiger partial charge in [0.25, 0.3) is 0 Å². The Kier molecular flexibility index (Phi) is 4.67. The summed E-state index contributed by atoms with van der Waals surface area (Å²) >= 11 is 0. The highest BCUT2D eigenvalue weighted by molar-refractivity contribution is 5.60. The van der Waals surface area contributed by atoms with Crippen LogP contribution in [0.4, 0.5) is 0 Å². The first-order valence-electron chi connectivity index (χ1n) is 8.74. The second kappa shape index (κ2) is 7.42. The standard InChI is InChI=1S/C21H22N4/c1-2-6-18(7-3-1)14-25-16-19-15-24(13-10-21(19)23-17-25)12-5-9-20-8-4-11-22-20/h1-4,6-8,11,17,22H,10,12-16H2. The molecular weight excluding hydrogens is 308 g/mol. The van der Waals surface area contributed by atoms with Crippen molar-refractivity contribution in [1.82, 2.24) is 14.8 Å². The molecule has 1 aromatic carbocycles. The maximum Gasteiger partial charge on any atom is 0.0914 e. The highest BCUT2D eigenvalue weighted by atomic mass is 15.2. The average Bonchev–Trinajstić information content (AvgIpc) is 3.16. The third-order valence-electron chi connectivity index (χ3n) is 4.61. The van der Waals surface area contributed by atoms with E-state index in [0.29, 0.717) is 0 Å². The van der Waals surface area contributed by atoms with Crippen molar-refractivity contribution in [2.45, 2.75) is 13.0 Å². The van der Waals surface area contributed by atoms with Crippen molar-refractivity contribution in [3.8, 4) is 11.8 Å². The van der Waals surface area contributed by atoms with Gasteiger partial charge in [0.05, 0.1) is 18.6 Å². The van der Waals surface area contributed by atoms with Gasteiger partial charge in [-0.1, -0.05) is 36.3 Å². The minimum Gasteiger partial charge on any atom is -0.355 e. The Balaban J connectivity index is 1.35. The molecule has 126 valence electrons. The van der Waals surface area contributed by atoms with Crippen LogP contribution in [0.1, 0.15) is 17.7 Å². The molecule has 4 nitrogen and oxygen atoms in total. The van der Waals surface area contributed by atoms with E-state index in [0.717, 1.165) is 44.8 Å². The Bertz CT molecular complexity index is 822. The minimum absolute atomic E-state index is 0.804. The summed E-state index contributed by atoms with van der Waals surface area (Å²) in [6, 6.07) is 14.5. The predicted octanol–water partition coefficient (Wildman–Crippen LogP) is 2.87. The van der Waals surface area contributed by atoms with Gasteiger partial charge in [-0.3, -0.25) is 4.90 Å². The molecular formula is C21H22N4. The van der Waals surface area contributed by atoms with Crippen LogP contribution in [0, 0.1) is 11.8 Å². The lowest BCUT2D eigenvalue weighted by atomic mass is 10.0. The molecule has 0 aliphatic carbocycles. The van der Waals surface area contributed by atoms with Gasteiger partial charge in [0, 0.05) is 44.5 Å². The van der Waals surface area contributed by atoms with E-state index in [1.165, 1.54) is 16.8 Å². The largest absolute Gasteiger partial charge is 0.355 e. The molecule has 2 aromatic rings. The fourth-order valence-electron chi connectivity index (χ4n) is 3.32. The molecule has 4 rings (SSSR count). The molecule has 0 fully saturated rings. The molecule has 0 unspecified atom stereocenters. The first kappa shape index (κ1) is 15.7. The van der Waals surface area contributed by atoms with Crippen molar-refractivity contribution in [1.29, 1.82) is 0 Å². The molecule has 1 aromatic heterocycles. The third kappa shape index (κ3) is 4.01. The molecule has 0 amide bonds. The Hall–Kier alpha value is -2.77. The first-order valence-corrected chi connectivity index (χ1v) is 8.74. The number of aliphatic imine (C=N–C) groups is 1. The van der Waals surface area contributed by atoms with Crippen molar-refractivity contribution in [2.24, 2.45) is 4.99 Å². The Morgan fingerprint density at radius 1 is 1.08 bits per heavy atom. The van der Waals surface area contributed by atoms with Crippen LogP contribution in [0.15, 0.2) is 64.9 Å². The van der Waals surface area contributed by atoms with Crippen LogP contribution in [-0.4, -0.2) is 47.3 Å². The smallest absolute Gasteiger partial charge is 0.0914 e. The van der Waals surface area contributed by atoms with Gasteiger partial charge in [-0.05, 0) is 29.2 Å². The predicted molar refractivity (Wildman–Crippen MR) is 101 cm³/mol. The molecule has 0 saturated heterocycles. The van der Waals surface area contributed by atoms with E-state index >= 15 is 0 Å². The van der Waals surface area contributed by atoms with Gasteiger partial charge in [0.15, 0.2) is 0 Å². The van der Waals surface area contributed by atoms with Crippen molar-refractivity contribution in [3.05, 3.63) is 71.2 Å². The SMILES string of the molecule is C(#Cc1ccc[nH]1)CN1CCC2=C(CN(Cc3ccccc3)C=N2)C1. The summed E-state index contributed by atoms with van der Waals surface area (Å²) in [5.74, 6) is 6.46. The summed E-state index contributed by atoms with van der Waals surface area (Å²) in [5, 5.41) is 0. The van der Waals surface area contributed by atoms with E-state index in [1.54, 1.807) is 0 Å². The van der Waals surface area contributed by atoms with Crippen LogP contribution in [0.3, 0.4) is 0 Å². The van der Waals surface area contributed by atoms with E-state index in [1.807, 2.05) is 24.7 Å². The number of H-pyrrole nitrogens is 1. The molecule has 3 heterocycles. The molecule has 25 heavy (non-hydrogen) atoms.